The molecule has 0 bridgehead atoms. The predicted molar refractivity (Wildman–Crippen MR) is 105 cm³/mol. The van der Waals surface area contributed by atoms with Gasteiger partial charge < -0.3 is 5.32 Å². The van der Waals surface area contributed by atoms with Crippen molar-refractivity contribution in [2.75, 3.05) is 5.32 Å². The average Bonchev–Trinajstić information content (AvgIpc) is 3.09. The van der Waals surface area contributed by atoms with Crippen LogP contribution in [0.3, 0.4) is 0 Å². The van der Waals surface area contributed by atoms with E-state index in [1.54, 1.807) is 18.5 Å². The van der Waals surface area contributed by atoms with E-state index < -0.39 is 0 Å². The van der Waals surface area contributed by atoms with Gasteiger partial charge in [-0.05, 0) is 18.6 Å². The van der Waals surface area contributed by atoms with Gasteiger partial charge in [0.2, 0.25) is 5.91 Å². The van der Waals surface area contributed by atoms with Crippen molar-refractivity contribution in [2.24, 2.45) is 0 Å². The maximum Gasteiger partial charge on any atom is 0.254 e. The van der Waals surface area contributed by atoms with Gasteiger partial charge >= 0.3 is 0 Å². The summed E-state index contributed by atoms with van der Waals surface area (Å²) < 4.78 is 1.36. The zero-order valence-electron chi connectivity index (χ0n) is 13.8. The van der Waals surface area contributed by atoms with Crippen LogP contribution >= 0.6 is 34.7 Å². The van der Waals surface area contributed by atoms with Crippen LogP contribution in [-0.4, -0.2) is 20.4 Å². The van der Waals surface area contributed by atoms with Crippen LogP contribution in [0.4, 0.5) is 5.13 Å². The van der Waals surface area contributed by atoms with Crippen LogP contribution in [0.5, 0.6) is 0 Å². The second kappa shape index (κ2) is 8.48. The number of aromatic nitrogens is 3. The van der Waals surface area contributed by atoms with E-state index in [1.807, 2.05) is 24.3 Å². The lowest BCUT2D eigenvalue weighted by Crippen LogP contribution is -2.29. The SMILES string of the molecule is Cc1cc(=O)n(CC(=O)Nc2nccs2)c(SCc2ccccc2Cl)n1. The highest BCUT2D eigenvalue weighted by Gasteiger charge is 2.13. The van der Waals surface area contributed by atoms with Crippen LogP contribution in [0.2, 0.25) is 5.02 Å². The van der Waals surface area contributed by atoms with Crippen molar-refractivity contribution >= 4 is 45.7 Å². The Bertz CT molecular complexity index is 973. The van der Waals surface area contributed by atoms with Crippen LogP contribution in [0.15, 0.2) is 51.9 Å². The van der Waals surface area contributed by atoms with Gasteiger partial charge in [0.15, 0.2) is 10.3 Å². The van der Waals surface area contributed by atoms with Gasteiger partial charge in [-0.2, -0.15) is 0 Å². The molecule has 2 aromatic heterocycles. The molecule has 26 heavy (non-hydrogen) atoms. The minimum atomic E-state index is -0.327. The third kappa shape index (κ3) is 4.72. The minimum Gasteiger partial charge on any atom is -0.300 e. The summed E-state index contributed by atoms with van der Waals surface area (Å²) in [5.41, 5.74) is 1.27. The predicted octanol–water partition coefficient (Wildman–Crippen LogP) is 3.59. The Kier molecular flexibility index (Phi) is 6.08. The summed E-state index contributed by atoms with van der Waals surface area (Å²) in [4.78, 5) is 33.0. The standard InChI is InChI=1S/C17H15ClN4O2S2/c1-11-8-15(24)22(9-14(23)21-16-19-6-7-25-16)17(20-11)26-10-12-4-2-3-5-13(12)18/h2-8H,9-10H2,1H3,(H,19,21,23). The van der Waals surface area contributed by atoms with E-state index in [9.17, 15) is 9.59 Å². The van der Waals surface area contributed by atoms with Crippen molar-refractivity contribution in [2.45, 2.75) is 24.4 Å². The van der Waals surface area contributed by atoms with E-state index in [4.69, 9.17) is 11.6 Å². The first kappa shape index (κ1) is 18.6. The molecule has 1 amide bonds. The number of anilines is 1. The van der Waals surface area contributed by atoms with Crippen LogP contribution < -0.4 is 10.9 Å². The molecule has 0 saturated heterocycles. The Morgan fingerprint density at radius 3 is 2.92 bits per heavy atom. The van der Waals surface area contributed by atoms with Crippen molar-refractivity contribution in [3.05, 3.63) is 68.5 Å². The molecule has 0 radical (unpaired) electrons. The second-order valence-corrected chi connectivity index (χ2v) is 7.61. The Morgan fingerprint density at radius 1 is 1.38 bits per heavy atom. The van der Waals surface area contributed by atoms with E-state index in [-0.39, 0.29) is 18.0 Å². The molecule has 6 nitrogen and oxygen atoms in total. The van der Waals surface area contributed by atoms with Gasteiger partial charge in [-0.3, -0.25) is 14.2 Å². The lowest BCUT2D eigenvalue weighted by Gasteiger charge is -2.12. The Labute approximate surface area is 163 Å². The first-order valence-electron chi connectivity index (χ1n) is 7.67. The summed E-state index contributed by atoms with van der Waals surface area (Å²) in [6.07, 6.45) is 1.60. The third-order valence-corrected chi connectivity index (χ3v) is 5.48. The van der Waals surface area contributed by atoms with Gasteiger partial charge in [-0.1, -0.05) is 41.6 Å². The fourth-order valence-electron chi connectivity index (χ4n) is 2.20. The lowest BCUT2D eigenvalue weighted by molar-refractivity contribution is -0.116. The summed E-state index contributed by atoms with van der Waals surface area (Å²) in [7, 11) is 0. The van der Waals surface area contributed by atoms with Gasteiger partial charge in [0.25, 0.3) is 5.56 Å². The van der Waals surface area contributed by atoms with E-state index in [2.05, 4.69) is 15.3 Å². The van der Waals surface area contributed by atoms with Gasteiger partial charge in [0, 0.05) is 34.1 Å². The highest BCUT2D eigenvalue weighted by molar-refractivity contribution is 7.98. The number of nitrogens with one attached hydrogen (secondary N) is 1. The van der Waals surface area contributed by atoms with Crippen molar-refractivity contribution < 1.29 is 4.79 Å². The van der Waals surface area contributed by atoms with E-state index in [0.29, 0.717) is 26.8 Å². The zero-order chi connectivity index (χ0) is 18.5. The van der Waals surface area contributed by atoms with Gasteiger partial charge in [-0.25, -0.2) is 9.97 Å². The smallest absolute Gasteiger partial charge is 0.254 e. The molecular formula is C17H15ClN4O2S2. The van der Waals surface area contributed by atoms with Crippen LogP contribution in [0.25, 0.3) is 0 Å². The van der Waals surface area contributed by atoms with E-state index in [1.165, 1.54) is 33.7 Å². The molecular weight excluding hydrogens is 392 g/mol. The number of nitrogens with zero attached hydrogens (tertiary/aromatic N) is 3. The quantitative estimate of drug-likeness (QED) is 0.500. The van der Waals surface area contributed by atoms with Crippen LogP contribution in [0.1, 0.15) is 11.3 Å². The normalized spacial score (nSPS) is 10.7. The molecule has 1 aromatic carbocycles. The third-order valence-electron chi connectivity index (χ3n) is 3.40. The Balaban J connectivity index is 1.79. The first-order valence-corrected chi connectivity index (χ1v) is 9.91. The molecule has 0 unspecified atom stereocenters. The van der Waals surface area contributed by atoms with Crippen LogP contribution in [-0.2, 0) is 17.1 Å². The molecule has 0 aliphatic heterocycles. The molecule has 1 N–H and O–H groups in total. The fourth-order valence-corrected chi connectivity index (χ4v) is 4.08. The Hall–Kier alpha value is -2.16. The van der Waals surface area contributed by atoms with Crippen molar-refractivity contribution in [1.29, 1.82) is 0 Å². The lowest BCUT2D eigenvalue weighted by atomic mass is 10.2. The highest BCUT2D eigenvalue weighted by atomic mass is 35.5. The van der Waals surface area contributed by atoms with Crippen LogP contribution in [0, 0.1) is 6.92 Å². The number of benzene rings is 1. The molecule has 2 heterocycles. The summed E-state index contributed by atoms with van der Waals surface area (Å²) in [6, 6.07) is 8.91. The molecule has 3 aromatic rings. The number of carbonyl (C=O) groups excluding carboxylic acids is 1. The molecule has 0 saturated carbocycles. The zero-order valence-corrected chi connectivity index (χ0v) is 16.2. The molecule has 0 atom stereocenters. The molecule has 9 heteroatoms. The van der Waals surface area contributed by atoms with Gasteiger partial charge in [0.1, 0.15) is 6.54 Å². The van der Waals surface area contributed by atoms with E-state index >= 15 is 0 Å². The number of amides is 1. The van der Waals surface area contributed by atoms with Crippen molar-refractivity contribution in [3.8, 4) is 0 Å². The summed E-state index contributed by atoms with van der Waals surface area (Å²) in [6.45, 7) is 1.62. The summed E-state index contributed by atoms with van der Waals surface area (Å²) >= 11 is 8.87. The molecule has 0 aliphatic rings. The number of thiazole rings is 1. The van der Waals surface area contributed by atoms with Gasteiger partial charge in [-0.15, -0.1) is 11.3 Å². The summed E-state index contributed by atoms with van der Waals surface area (Å²) in [5, 5.41) is 6.06. The molecule has 0 aliphatic carbocycles. The Morgan fingerprint density at radius 2 is 2.19 bits per heavy atom. The number of thioether (sulfide) groups is 1. The highest BCUT2D eigenvalue weighted by Crippen LogP contribution is 2.25. The fraction of sp³-hybridized carbons (Fsp3) is 0.176. The minimum absolute atomic E-state index is 0.128. The number of rotatable bonds is 6. The molecule has 3 rings (SSSR count). The average molecular weight is 407 g/mol. The van der Waals surface area contributed by atoms with Crippen molar-refractivity contribution in [3.63, 3.8) is 0 Å². The number of aryl methyl sites for hydroxylation is 1. The molecule has 134 valence electrons. The largest absolute Gasteiger partial charge is 0.300 e. The monoisotopic (exact) mass is 406 g/mol. The number of halogens is 1. The second-order valence-electron chi connectivity index (χ2n) is 5.37. The number of hydrogen-bond acceptors (Lipinski definition) is 6. The topological polar surface area (TPSA) is 76.9 Å². The number of carbonyl (C=O) groups is 1. The first-order chi connectivity index (χ1) is 12.5. The molecule has 0 fully saturated rings. The van der Waals surface area contributed by atoms with E-state index in [0.717, 1.165) is 5.56 Å². The van der Waals surface area contributed by atoms with Crippen molar-refractivity contribution in [1.82, 2.24) is 14.5 Å². The van der Waals surface area contributed by atoms with Gasteiger partial charge in [0.05, 0.1) is 0 Å². The summed E-state index contributed by atoms with van der Waals surface area (Å²) in [5.74, 6) is 0.219. The number of hydrogen-bond donors (Lipinski definition) is 1. The molecule has 0 spiro atoms. The maximum atomic E-state index is 12.4. The maximum absolute atomic E-state index is 12.4.